The van der Waals surface area contributed by atoms with Crippen molar-refractivity contribution in [1.82, 2.24) is 4.90 Å². The highest BCUT2D eigenvalue weighted by Crippen LogP contribution is 2.22. The number of carbonyl (C=O) groups excluding carboxylic acids is 1. The van der Waals surface area contributed by atoms with Crippen LogP contribution in [0, 0.1) is 0 Å². The number of benzene rings is 1. The molecule has 0 radical (unpaired) electrons. The Morgan fingerprint density at radius 3 is 2.72 bits per heavy atom. The van der Waals surface area contributed by atoms with Crippen molar-refractivity contribution in [2.24, 2.45) is 0 Å². The number of nitrogens with two attached hydrogens (primary N) is 1. The molecule has 0 unspecified atom stereocenters. The molecule has 0 aliphatic rings. The predicted molar refractivity (Wildman–Crippen MR) is 70.9 cm³/mol. The lowest BCUT2D eigenvalue weighted by atomic mass is 10.2. The predicted octanol–water partition coefficient (Wildman–Crippen LogP) is 1.39. The van der Waals surface area contributed by atoms with E-state index in [0.29, 0.717) is 23.6 Å². The van der Waals surface area contributed by atoms with Crippen LogP contribution in [0.1, 0.15) is 16.8 Å². The Bertz CT molecular complexity index is 405. The molecule has 0 amide bonds. The Kier molecular flexibility index (Phi) is 5.45. The van der Waals surface area contributed by atoms with Crippen molar-refractivity contribution in [3.8, 4) is 5.75 Å². The molecule has 5 nitrogen and oxygen atoms in total. The van der Waals surface area contributed by atoms with Crippen LogP contribution in [0.15, 0.2) is 18.2 Å². The van der Waals surface area contributed by atoms with Crippen LogP contribution in [-0.2, 0) is 4.74 Å². The molecule has 0 atom stereocenters. The number of esters is 1. The number of hydrogen-bond donors (Lipinski definition) is 1. The monoisotopic (exact) mass is 252 g/mol. The summed E-state index contributed by atoms with van der Waals surface area (Å²) in [6.45, 7) is 1.29. The summed E-state index contributed by atoms with van der Waals surface area (Å²) >= 11 is 0. The summed E-state index contributed by atoms with van der Waals surface area (Å²) in [5.74, 6) is 0.129. The van der Waals surface area contributed by atoms with Gasteiger partial charge >= 0.3 is 5.97 Å². The maximum absolute atomic E-state index is 11.7. The van der Waals surface area contributed by atoms with Crippen LogP contribution < -0.4 is 10.5 Å². The molecule has 0 spiro atoms. The minimum Gasteiger partial charge on any atom is -0.495 e. The van der Waals surface area contributed by atoms with Gasteiger partial charge in [-0.15, -0.1) is 0 Å². The van der Waals surface area contributed by atoms with Crippen molar-refractivity contribution in [3.05, 3.63) is 23.8 Å². The average molecular weight is 252 g/mol. The maximum Gasteiger partial charge on any atom is 0.338 e. The van der Waals surface area contributed by atoms with Gasteiger partial charge < -0.3 is 20.1 Å². The molecule has 0 saturated heterocycles. The molecule has 0 saturated carbocycles. The van der Waals surface area contributed by atoms with Gasteiger partial charge in [-0.05, 0) is 38.7 Å². The van der Waals surface area contributed by atoms with Gasteiger partial charge in [0.05, 0.1) is 25.0 Å². The number of anilines is 1. The molecule has 2 N–H and O–H groups in total. The summed E-state index contributed by atoms with van der Waals surface area (Å²) in [7, 11) is 5.47. The molecular formula is C13H20N2O3. The van der Waals surface area contributed by atoms with Crippen molar-refractivity contribution in [2.75, 3.05) is 40.1 Å². The van der Waals surface area contributed by atoms with E-state index in [1.54, 1.807) is 18.2 Å². The van der Waals surface area contributed by atoms with Crippen molar-refractivity contribution >= 4 is 11.7 Å². The van der Waals surface area contributed by atoms with Gasteiger partial charge in [-0.1, -0.05) is 0 Å². The Morgan fingerprint density at radius 2 is 2.11 bits per heavy atom. The highest BCUT2D eigenvalue weighted by molar-refractivity contribution is 5.90. The summed E-state index contributed by atoms with van der Waals surface area (Å²) in [6.07, 6.45) is 0.810. The summed E-state index contributed by atoms with van der Waals surface area (Å²) in [4.78, 5) is 13.8. The molecule has 1 aromatic rings. The summed E-state index contributed by atoms with van der Waals surface area (Å²) in [6, 6.07) is 4.85. The van der Waals surface area contributed by atoms with Crippen molar-refractivity contribution in [1.29, 1.82) is 0 Å². The van der Waals surface area contributed by atoms with E-state index in [4.69, 9.17) is 15.2 Å². The number of carbonyl (C=O) groups is 1. The van der Waals surface area contributed by atoms with Crippen molar-refractivity contribution < 1.29 is 14.3 Å². The molecule has 1 rings (SSSR count). The SMILES string of the molecule is COc1cc(C(=O)OCCCN(C)C)ccc1N. The molecule has 0 aliphatic carbocycles. The van der Waals surface area contributed by atoms with E-state index in [0.717, 1.165) is 13.0 Å². The normalized spacial score (nSPS) is 10.4. The van der Waals surface area contributed by atoms with Crippen molar-refractivity contribution in [3.63, 3.8) is 0 Å². The fourth-order valence-corrected chi connectivity index (χ4v) is 1.47. The van der Waals surface area contributed by atoms with E-state index in [1.807, 2.05) is 19.0 Å². The smallest absolute Gasteiger partial charge is 0.338 e. The largest absolute Gasteiger partial charge is 0.495 e. The number of rotatable bonds is 6. The lowest BCUT2D eigenvalue weighted by Crippen LogP contribution is -2.16. The second-order valence-electron chi connectivity index (χ2n) is 4.25. The molecular weight excluding hydrogens is 232 g/mol. The first-order chi connectivity index (χ1) is 8.54. The highest BCUT2D eigenvalue weighted by atomic mass is 16.5. The Balaban J connectivity index is 2.51. The van der Waals surface area contributed by atoms with Gasteiger partial charge in [0.2, 0.25) is 0 Å². The zero-order chi connectivity index (χ0) is 13.5. The van der Waals surface area contributed by atoms with Gasteiger partial charge in [0, 0.05) is 6.54 Å². The molecule has 0 bridgehead atoms. The highest BCUT2D eigenvalue weighted by Gasteiger charge is 2.09. The first-order valence-electron chi connectivity index (χ1n) is 5.80. The van der Waals surface area contributed by atoms with Gasteiger partial charge in [-0.2, -0.15) is 0 Å². The van der Waals surface area contributed by atoms with E-state index >= 15 is 0 Å². The van der Waals surface area contributed by atoms with Gasteiger partial charge in [-0.3, -0.25) is 0 Å². The molecule has 1 aromatic carbocycles. The third-order valence-electron chi connectivity index (χ3n) is 2.45. The maximum atomic E-state index is 11.7. The third-order valence-corrected chi connectivity index (χ3v) is 2.45. The number of methoxy groups -OCH3 is 1. The van der Waals surface area contributed by atoms with Crippen LogP contribution in [0.5, 0.6) is 5.75 Å². The Morgan fingerprint density at radius 1 is 1.39 bits per heavy atom. The molecule has 18 heavy (non-hydrogen) atoms. The third kappa shape index (κ3) is 4.25. The fraction of sp³-hybridized carbons (Fsp3) is 0.462. The van der Waals surface area contributed by atoms with Crippen LogP contribution in [0.4, 0.5) is 5.69 Å². The molecule has 0 aromatic heterocycles. The molecule has 5 heteroatoms. The first kappa shape index (κ1) is 14.3. The van der Waals surface area contributed by atoms with Crippen LogP contribution in [0.3, 0.4) is 0 Å². The topological polar surface area (TPSA) is 64.8 Å². The van der Waals surface area contributed by atoms with E-state index < -0.39 is 0 Å². The summed E-state index contributed by atoms with van der Waals surface area (Å²) in [5, 5.41) is 0. The second-order valence-corrected chi connectivity index (χ2v) is 4.25. The summed E-state index contributed by atoms with van der Waals surface area (Å²) in [5.41, 5.74) is 6.62. The summed E-state index contributed by atoms with van der Waals surface area (Å²) < 4.78 is 10.2. The average Bonchev–Trinajstić information content (AvgIpc) is 2.34. The first-order valence-corrected chi connectivity index (χ1v) is 5.80. The lowest BCUT2D eigenvalue weighted by molar-refractivity contribution is 0.0493. The van der Waals surface area contributed by atoms with Crippen LogP contribution in [0.2, 0.25) is 0 Å². The van der Waals surface area contributed by atoms with Crippen LogP contribution in [0.25, 0.3) is 0 Å². The molecule has 0 aliphatic heterocycles. The van der Waals surface area contributed by atoms with Gasteiger partial charge in [0.1, 0.15) is 5.75 Å². The molecule has 0 fully saturated rings. The Hall–Kier alpha value is -1.75. The number of ether oxygens (including phenoxy) is 2. The zero-order valence-corrected chi connectivity index (χ0v) is 11.1. The molecule has 100 valence electrons. The quantitative estimate of drug-likeness (QED) is 0.471. The van der Waals surface area contributed by atoms with Gasteiger partial charge in [0.15, 0.2) is 0 Å². The standard InChI is InChI=1S/C13H20N2O3/c1-15(2)7-4-8-18-13(16)10-5-6-11(14)12(9-10)17-3/h5-6,9H,4,7-8,14H2,1-3H3. The van der Waals surface area contributed by atoms with E-state index in [2.05, 4.69) is 0 Å². The van der Waals surface area contributed by atoms with Crippen LogP contribution in [-0.4, -0.2) is 45.2 Å². The minimum atomic E-state index is -0.355. The zero-order valence-electron chi connectivity index (χ0n) is 11.1. The van der Waals surface area contributed by atoms with Gasteiger partial charge in [0.25, 0.3) is 0 Å². The van der Waals surface area contributed by atoms with Crippen LogP contribution >= 0.6 is 0 Å². The number of nitrogens with zero attached hydrogens (tertiary/aromatic N) is 1. The molecule has 0 heterocycles. The van der Waals surface area contributed by atoms with E-state index in [1.165, 1.54) is 7.11 Å². The number of nitrogen functional groups attached to an aromatic ring is 1. The fourth-order valence-electron chi connectivity index (χ4n) is 1.47. The lowest BCUT2D eigenvalue weighted by Gasteiger charge is -2.10. The van der Waals surface area contributed by atoms with E-state index in [-0.39, 0.29) is 5.97 Å². The number of hydrogen-bond acceptors (Lipinski definition) is 5. The minimum absolute atomic E-state index is 0.355. The Labute approximate surface area is 107 Å². The van der Waals surface area contributed by atoms with Crippen molar-refractivity contribution in [2.45, 2.75) is 6.42 Å². The van der Waals surface area contributed by atoms with E-state index in [9.17, 15) is 4.79 Å². The second kappa shape index (κ2) is 6.86. The van der Waals surface area contributed by atoms with Gasteiger partial charge in [-0.25, -0.2) is 4.79 Å².